The van der Waals surface area contributed by atoms with E-state index in [-0.39, 0.29) is 18.4 Å². The van der Waals surface area contributed by atoms with Gasteiger partial charge >= 0.3 is 0 Å². The van der Waals surface area contributed by atoms with Gasteiger partial charge in [-0.25, -0.2) is 0 Å². The number of aliphatic hydroxyl groups excluding tert-OH is 1. The number of fused-ring (bicyclic) bond motifs is 1. The van der Waals surface area contributed by atoms with Crippen molar-refractivity contribution in [2.45, 2.75) is 19.6 Å². The van der Waals surface area contributed by atoms with Crippen LogP contribution in [0.5, 0.6) is 5.75 Å². The summed E-state index contributed by atoms with van der Waals surface area (Å²) in [5.41, 5.74) is 4.01. The quantitative estimate of drug-likeness (QED) is 0.634. The van der Waals surface area contributed by atoms with E-state index in [0.717, 1.165) is 11.1 Å². The average Bonchev–Trinajstić information content (AvgIpc) is 2.75. The first kappa shape index (κ1) is 18.7. The Kier molecular flexibility index (Phi) is 5.01. The van der Waals surface area contributed by atoms with Gasteiger partial charge in [0, 0.05) is 11.3 Å². The Balaban J connectivity index is 1.56. The van der Waals surface area contributed by atoms with Crippen LogP contribution in [-0.4, -0.2) is 23.0 Å². The summed E-state index contributed by atoms with van der Waals surface area (Å²) in [4.78, 5) is 24.5. The first-order valence-corrected chi connectivity index (χ1v) is 9.27. The predicted octanol–water partition coefficient (Wildman–Crippen LogP) is 3.82. The highest BCUT2D eigenvalue weighted by Crippen LogP contribution is 2.32. The molecule has 0 spiro atoms. The fourth-order valence-corrected chi connectivity index (χ4v) is 3.25. The maximum absolute atomic E-state index is 12.7. The second-order valence-electron chi connectivity index (χ2n) is 6.81. The maximum atomic E-state index is 12.7. The monoisotopic (exact) mass is 388 g/mol. The number of aliphatic hydroxyl groups is 1. The Labute approximate surface area is 168 Å². The van der Waals surface area contributed by atoms with Crippen molar-refractivity contribution >= 4 is 23.2 Å². The average molecular weight is 388 g/mol. The van der Waals surface area contributed by atoms with Crippen molar-refractivity contribution in [2.24, 2.45) is 0 Å². The van der Waals surface area contributed by atoms with E-state index in [0.29, 0.717) is 28.3 Å². The zero-order chi connectivity index (χ0) is 20.4. The number of carbonyl (C=O) groups excluding carboxylic acids is 2. The Morgan fingerprint density at radius 1 is 1.10 bits per heavy atom. The fraction of sp³-hybridized carbons (Fsp3) is 0.130. The van der Waals surface area contributed by atoms with Crippen molar-refractivity contribution in [3.8, 4) is 16.9 Å². The summed E-state index contributed by atoms with van der Waals surface area (Å²) < 4.78 is 5.52. The van der Waals surface area contributed by atoms with Gasteiger partial charge in [-0.3, -0.25) is 9.59 Å². The van der Waals surface area contributed by atoms with Gasteiger partial charge in [-0.15, -0.1) is 0 Å². The van der Waals surface area contributed by atoms with Gasteiger partial charge in [0.1, 0.15) is 5.75 Å². The Bertz CT molecular complexity index is 1080. The van der Waals surface area contributed by atoms with E-state index in [2.05, 4.69) is 10.6 Å². The SMILES string of the molecule is CC1Oc2ccc(NC(=O)c3ccc(-c4ccccc4)c(CO)c3)cc2NC1=O. The van der Waals surface area contributed by atoms with Crippen molar-refractivity contribution in [3.63, 3.8) is 0 Å². The summed E-state index contributed by atoms with van der Waals surface area (Å²) >= 11 is 0. The molecule has 0 saturated carbocycles. The number of ether oxygens (including phenoxy) is 1. The number of benzene rings is 3. The van der Waals surface area contributed by atoms with Crippen LogP contribution in [0.1, 0.15) is 22.8 Å². The van der Waals surface area contributed by atoms with E-state index < -0.39 is 6.10 Å². The molecule has 6 nitrogen and oxygen atoms in total. The number of rotatable bonds is 4. The van der Waals surface area contributed by atoms with Crippen molar-refractivity contribution in [1.29, 1.82) is 0 Å². The third-order valence-corrected chi connectivity index (χ3v) is 4.79. The highest BCUT2D eigenvalue weighted by Gasteiger charge is 2.23. The van der Waals surface area contributed by atoms with Crippen LogP contribution < -0.4 is 15.4 Å². The van der Waals surface area contributed by atoms with E-state index in [1.165, 1.54) is 0 Å². The lowest BCUT2D eigenvalue weighted by Crippen LogP contribution is -2.34. The first-order chi connectivity index (χ1) is 14.0. The van der Waals surface area contributed by atoms with Crippen molar-refractivity contribution in [3.05, 3.63) is 77.9 Å². The normalized spacial score (nSPS) is 15.1. The largest absolute Gasteiger partial charge is 0.479 e. The van der Waals surface area contributed by atoms with Gasteiger partial charge in [0.25, 0.3) is 11.8 Å². The first-order valence-electron chi connectivity index (χ1n) is 9.27. The zero-order valence-electron chi connectivity index (χ0n) is 15.8. The van der Waals surface area contributed by atoms with Crippen LogP contribution in [0.15, 0.2) is 66.7 Å². The molecule has 6 heteroatoms. The van der Waals surface area contributed by atoms with Crippen LogP contribution in [0.4, 0.5) is 11.4 Å². The van der Waals surface area contributed by atoms with E-state index in [1.54, 1.807) is 37.3 Å². The molecule has 29 heavy (non-hydrogen) atoms. The summed E-state index contributed by atoms with van der Waals surface area (Å²) in [5.74, 6) is 0.0191. The van der Waals surface area contributed by atoms with E-state index in [9.17, 15) is 14.7 Å². The van der Waals surface area contributed by atoms with Crippen LogP contribution >= 0.6 is 0 Å². The standard InChI is InChI=1S/C23H20N2O4/c1-14-22(27)25-20-12-18(8-10-21(20)29-14)24-23(28)16-7-9-19(17(11-16)13-26)15-5-3-2-4-6-15/h2-12,14,26H,13H2,1H3,(H,24,28)(H,25,27). The molecule has 0 radical (unpaired) electrons. The number of amides is 2. The molecule has 4 rings (SSSR count). The van der Waals surface area contributed by atoms with Crippen molar-refractivity contribution in [2.75, 3.05) is 10.6 Å². The highest BCUT2D eigenvalue weighted by atomic mass is 16.5. The molecule has 0 fully saturated rings. The zero-order valence-corrected chi connectivity index (χ0v) is 15.8. The van der Waals surface area contributed by atoms with Gasteiger partial charge in [-0.2, -0.15) is 0 Å². The van der Waals surface area contributed by atoms with Crippen LogP contribution in [0.2, 0.25) is 0 Å². The highest BCUT2D eigenvalue weighted by molar-refractivity contribution is 6.05. The number of hydrogen-bond donors (Lipinski definition) is 3. The molecular formula is C23H20N2O4. The van der Waals surface area contributed by atoms with Crippen LogP contribution in [0.3, 0.4) is 0 Å². The molecule has 3 N–H and O–H groups in total. The lowest BCUT2D eigenvalue weighted by molar-refractivity contribution is -0.122. The van der Waals surface area contributed by atoms with Crippen LogP contribution in [0, 0.1) is 0 Å². The molecule has 0 aromatic heterocycles. The number of hydrogen-bond acceptors (Lipinski definition) is 4. The molecular weight excluding hydrogens is 368 g/mol. The van der Waals surface area contributed by atoms with Crippen LogP contribution in [0.25, 0.3) is 11.1 Å². The van der Waals surface area contributed by atoms with Gasteiger partial charge in [0.15, 0.2) is 6.10 Å². The number of anilines is 2. The molecule has 3 aromatic carbocycles. The lowest BCUT2D eigenvalue weighted by Gasteiger charge is -2.23. The summed E-state index contributed by atoms with van der Waals surface area (Å²) in [5, 5.41) is 15.3. The molecule has 1 aliphatic rings. The predicted molar refractivity (Wildman–Crippen MR) is 111 cm³/mol. The molecule has 0 saturated heterocycles. The molecule has 3 aromatic rings. The van der Waals surface area contributed by atoms with Gasteiger partial charge in [-0.1, -0.05) is 36.4 Å². The molecule has 0 bridgehead atoms. The van der Waals surface area contributed by atoms with Gasteiger partial charge in [-0.05, 0) is 53.9 Å². The van der Waals surface area contributed by atoms with E-state index in [1.807, 2.05) is 36.4 Å². The second-order valence-corrected chi connectivity index (χ2v) is 6.81. The third-order valence-electron chi connectivity index (χ3n) is 4.79. The summed E-state index contributed by atoms with van der Waals surface area (Å²) in [7, 11) is 0. The molecule has 1 heterocycles. The van der Waals surface area contributed by atoms with Crippen molar-refractivity contribution in [1.82, 2.24) is 0 Å². The Morgan fingerprint density at radius 3 is 2.66 bits per heavy atom. The molecule has 146 valence electrons. The molecule has 1 unspecified atom stereocenters. The molecule has 2 amide bonds. The summed E-state index contributed by atoms with van der Waals surface area (Å²) in [6, 6.07) is 20.0. The Hall–Kier alpha value is -3.64. The lowest BCUT2D eigenvalue weighted by atomic mass is 9.97. The van der Waals surface area contributed by atoms with Crippen molar-refractivity contribution < 1.29 is 19.4 Å². The summed E-state index contributed by atoms with van der Waals surface area (Å²) in [6.07, 6.45) is -0.553. The van der Waals surface area contributed by atoms with Gasteiger partial charge in [0.05, 0.1) is 12.3 Å². The number of carbonyl (C=O) groups is 2. The van der Waals surface area contributed by atoms with Crippen LogP contribution in [-0.2, 0) is 11.4 Å². The molecule has 0 aliphatic carbocycles. The maximum Gasteiger partial charge on any atom is 0.265 e. The topological polar surface area (TPSA) is 87.7 Å². The molecule has 1 atom stereocenters. The minimum atomic E-state index is -0.553. The third kappa shape index (κ3) is 3.83. The molecule has 1 aliphatic heterocycles. The fourth-order valence-electron chi connectivity index (χ4n) is 3.25. The van der Waals surface area contributed by atoms with E-state index in [4.69, 9.17) is 4.74 Å². The van der Waals surface area contributed by atoms with Gasteiger partial charge < -0.3 is 20.5 Å². The smallest absolute Gasteiger partial charge is 0.265 e. The Morgan fingerprint density at radius 2 is 1.90 bits per heavy atom. The van der Waals surface area contributed by atoms with Gasteiger partial charge in [0.2, 0.25) is 0 Å². The second kappa shape index (κ2) is 7.77. The number of nitrogens with one attached hydrogen (secondary N) is 2. The minimum Gasteiger partial charge on any atom is -0.479 e. The minimum absolute atomic E-state index is 0.175. The van der Waals surface area contributed by atoms with E-state index >= 15 is 0 Å². The summed E-state index contributed by atoms with van der Waals surface area (Å²) in [6.45, 7) is 1.50.